The second-order valence-corrected chi connectivity index (χ2v) is 5.70. The standard InChI is InChI=1S/C13H21N3OS/c1-3-10-4-5-14-12(6-10)13(17)16(2)7-11-8-18-9-15-11/h8-10,12,14H,3-7H2,1-2H3. The lowest BCUT2D eigenvalue weighted by atomic mass is 9.90. The van der Waals surface area contributed by atoms with Crippen molar-refractivity contribution in [3.63, 3.8) is 0 Å². The highest BCUT2D eigenvalue weighted by Crippen LogP contribution is 2.20. The monoisotopic (exact) mass is 267 g/mol. The number of nitrogens with zero attached hydrogens (tertiary/aromatic N) is 2. The Bertz CT molecular complexity index is 380. The van der Waals surface area contributed by atoms with E-state index in [1.807, 2.05) is 12.4 Å². The number of amides is 1. The quantitative estimate of drug-likeness (QED) is 0.906. The molecule has 2 rings (SSSR count). The summed E-state index contributed by atoms with van der Waals surface area (Å²) in [7, 11) is 1.86. The van der Waals surface area contributed by atoms with Crippen molar-refractivity contribution in [3.8, 4) is 0 Å². The first-order valence-electron chi connectivity index (χ1n) is 6.56. The minimum Gasteiger partial charge on any atom is -0.338 e. The van der Waals surface area contributed by atoms with Gasteiger partial charge in [0.05, 0.1) is 23.8 Å². The van der Waals surface area contributed by atoms with Crippen LogP contribution >= 0.6 is 11.3 Å². The molecule has 100 valence electrons. The van der Waals surface area contributed by atoms with Gasteiger partial charge >= 0.3 is 0 Å². The van der Waals surface area contributed by atoms with Gasteiger partial charge in [0.25, 0.3) is 0 Å². The molecule has 1 saturated heterocycles. The number of rotatable bonds is 4. The number of likely N-dealkylation sites (N-methyl/N-ethyl adjacent to an activating group) is 1. The van der Waals surface area contributed by atoms with Gasteiger partial charge in [-0.1, -0.05) is 13.3 Å². The number of nitrogens with one attached hydrogen (secondary N) is 1. The lowest BCUT2D eigenvalue weighted by Crippen LogP contribution is -2.49. The predicted molar refractivity (Wildman–Crippen MR) is 73.4 cm³/mol. The molecule has 2 atom stereocenters. The zero-order valence-corrected chi connectivity index (χ0v) is 11.9. The molecule has 0 spiro atoms. The Kier molecular flexibility index (Phi) is 4.72. The second kappa shape index (κ2) is 6.29. The van der Waals surface area contributed by atoms with Gasteiger partial charge in [-0.05, 0) is 25.3 Å². The Morgan fingerprint density at radius 2 is 2.50 bits per heavy atom. The third-order valence-electron chi connectivity index (χ3n) is 3.65. The molecule has 0 aliphatic carbocycles. The normalized spacial score (nSPS) is 23.9. The largest absolute Gasteiger partial charge is 0.338 e. The summed E-state index contributed by atoms with van der Waals surface area (Å²) in [6, 6.07) is -0.00710. The Morgan fingerprint density at radius 3 is 3.17 bits per heavy atom. The fourth-order valence-corrected chi connectivity index (χ4v) is 3.01. The van der Waals surface area contributed by atoms with E-state index in [4.69, 9.17) is 0 Å². The number of carbonyl (C=O) groups is 1. The van der Waals surface area contributed by atoms with Crippen molar-refractivity contribution in [1.82, 2.24) is 15.2 Å². The van der Waals surface area contributed by atoms with Gasteiger partial charge in [0.15, 0.2) is 0 Å². The Hall–Kier alpha value is -0.940. The molecule has 1 fully saturated rings. The van der Waals surface area contributed by atoms with E-state index in [9.17, 15) is 4.79 Å². The van der Waals surface area contributed by atoms with Crippen LogP contribution < -0.4 is 5.32 Å². The lowest BCUT2D eigenvalue weighted by molar-refractivity contribution is -0.133. The molecule has 2 unspecified atom stereocenters. The van der Waals surface area contributed by atoms with E-state index >= 15 is 0 Å². The van der Waals surface area contributed by atoms with Crippen molar-refractivity contribution in [2.24, 2.45) is 5.92 Å². The van der Waals surface area contributed by atoms with E-state index in [1.165, 1.54) is 12.8 Å². The number of piperidine rings is 1. The number of thiazole rings is 1. The van der Waals surface area contributed by atoms with Crippen LogP contribution in [0.4, 0.5) is 0 Å². The third-order valence-corrected chi connectivity index (χ3v) is 4.28. The molecule has 1 N–H and O–H groups in total. The molecule has 0 saturated carbocycles. The highest BCUT2D eigenvalue weighted by atomic mass is 32.1. The third kappa shape index (κ3) is 3.29. The van der Waals surface area contributed by atoms with Crippen molar-refractivity contribution in [2.45, 2.75) is 38.8 Å². The number of hydrogen-bond acceptors (Lipinski definition) is 4. The molecular formula is C13H21N3OS. The summed E-state index contributed by atoms with van der Waals surface area (Å²) >= 11 is 1.57. The minimum absolute atomic E-state index is 0.00710. The molecule has 1 aliphatic heterocycles. The minimum atomic E-state index is -0.00710. The second-order valence-electron chi connectivity index (χ2n) is 4.98. The summed E-state index contributed by atoms with van der Waals surface area (Å²) < 4.78 is 0. The SMILES string of the molecule is CCC1CCNC(C(=O)N(C)Cc2cscn2)C1. The molecule has 18 heavy (non-hydrogen) atoms. The fourth-order valence-electron chi connectivity index (χ4n) is 2.46. The highest BCUT2D eigenvalue weighted by Gasteiger charge is 2.28. The topological polar surface area (TPSA) is 45.2 Å². The maximum absolute atomic E-state index is 12.3. The van der Waals surface area contributed by atoms with Crippen molar-refractivity contribution >= 4 is 17.2 Å². The Morgan fingerprint density at radius 1 is 1.67 bits per heavy atom. The molecular weight excluding hydrogens is 246 g/mol. The van der Waals surface area contributed by atoms with Gasteiger partial charge in [0, 0.05) is 12.4 Å². The average molecular weight is 267 g/mol. The first-order valence-corrected chi connectivity index (χ1v) is 7.50. The van der Waals surface area contributed by atoms with Crippen LogP contribution in [0.3, 0.4) is 0 Å². The maximum atomic E-state index is 12.3. The van der Waals surface area contributed by atoms with Crippen LogP contribution in [0.15, 0.2) is 10.9 Å². The van der Waals surface area contributed by atoms with Gasteiger partial charge in [-0.15, -0.1) is 11.3 Å². The maximum Gasteiger partial charge on any atom is 0.239 e. The first-order chi connectivity index (χ1) is 8.70. The molecule has 1 aromatic rings. The molecule has 1 amide bonds. The summed E-state index contributed by atoms with van der Waals surface area (Å²) in [5.41, 5.74) is 2.78. The van der Waals surface area contributed by atoms with Gasteiger partial charge in [0.2, 0.25) is 5.91 Å². The van der Waals surface area contributed by atoms with Crippen LogP contribution in [-0.4, -0.2) is 35.4 Å². The molecule has 2 heterocycles. The molecule has 1 aliphatic rings. The van der Waals surface area contributed by atoms with E-state index in [2.05, 4.69) is 17.2 Å². The Balaban J connectivity index is 1.89. The van der Waals surface area contributed by atoms with Crippen LogP contribution in [0, 0.1) is 5.92 Å². The van der Waals surface area contributed by atoms with E-state index in [0.29, 0.717) is 12.5 Å². The highest BCUT2D eigenvalue weighted by molar-refractivity contribution is 7.07. The number of hydrogen-bond donors (Lipinski definition) is 1. The molecule has 4 nitrogen and oxygen atoms in total. The van der Waals surface area contributed by atoms with Gasteiger partial charge in [-0.3, -0.25) is 4.79 Å². The molecule has 0 radical (unpaired) electrons. The molecule has 5 heteroatoms. The Labute approximate surface area is 112 Å². The van der Waals surface area contributed by atoms with Crippen molar-refractivity contribution in [1.29, 1.82) is 0 Å². The predicted octanol–water partition coefficient (Wildman–Crippen LogP) is 1.88. The van der Waals surface area contributed by atoms with E-state index < -0.39 is 0 Å². The number of carbonyl (C=O) groups excluding carboxylic acids is 1. The summed E-state index contributed by atoms with van der Waals surface area (Å²) in [6.45, 7) is 3.77. The molecule has 0 bridgehead atoms. The van der Waals surface area contributed by atoms with Gasteiger partial charge in [-0.25, -0.2) is 4.98 Å². The van der Waals surface area contributed by atoms with E-state index in [1.54, 1.807) is 21.7 Å². The van der Waals surface area contributed by atoms with E-state index in [0.717, 1.165) is 18.7 Å². The first kappa shape index (κ1) is 13.5. The fraction of sp³-hybridized carbons (Fsp3) is 0.692. The van der Waals surface area contributed by atoms with E-state index in [-0.39, 0.29) is 11.9 Å². The van der Waals surface area contributed by atoms with Gasteiger partial charge in [-0.2, -0.15) is 0 Å². The summed E-state index contributed by atoms with van der Waals surface area (Å²) in [5, 5.41) is 5.33. The van der Waals surface area contributed by atoms with Crippen LogP contribution in [-0.2, 0) is 11.3 Å². The van der Waals surface area contributed by atoms with Crippen LogP contribution in [0.1, 0.15) is 31.9 Å². The van der Waals surface area contributed by atoms with Crippen molar-refractivity contribution < 1.29 is 4.79 Å². The summed E-state index contributed by atoms with van der Waals surface area (Å²) in [4.78, 5) is 18.3. The van der Waals surface area contributed by atoms with Crippen molar-refractivity contribution in [2.75, 3.05) is 13.6 Å². The average Bonchev–Trinajstić information content (AvgIpc) is 2.90. The zero-order chi connectivity index (χ0) is 13.0. The summed E-state index contributed by atoms with van der Waals surface area (Å²) in [5.74, 6) is 0.883. The smallest absolute Gasteiger partial charge is 0.239 e. The zero-order valence-electron chi connectivity index (χ0n) is 11.1. The molecule has 0 aromatic carbocycles. The van der Waals surface area contributed by atoms with Crippen LogP contribution in [0.2, 0.25) is 0 Å². The lowest BCUT2D eigenvalue weighted by Gasteiger charge is -2.31. The van der Waals surface area contributed by atoms with Gasteiger partial charge < -0.3 is 10.2 Å². The summed E-state index contributed by atoms with van der Waals surface area (Å²) in [6.07, 6.45) is 3.33. The molecule has 1 aromatic heterocycles. The number of aromatic nitrogens is 1. The van der Waals surface area contributed by atoms with Crippen LogP contribution in [0.25, 0.3) is 0 Å². The van der Waals surface area contributed by atoms with Crippen molar-refractivity contribution in [3.05, 3.63) is 16.6 Å². The van der Waals surface area contributed by atoms with Gasteiger partial charge in [0.1, 0.15) is 0 Å². The van der Waals surface area contributed by atoms with Crippen LogP contribution in [0.5, 0.6) is 0 Å².